The summed E-state index contributed by atoms with van der Waals surface area (Å²) in [6.45, 7) is 1.29. The summed E-state index contributed by atoms with van der Waals surface area (Å²) in [5.41, 5.74) is 1.67. The third-order valence-corrected chi connectivity index (χ3v) is 4.78. The number of carbonyl (C=O) groups is 1. The highest BCUT2D eigenvalue weighted by Gasteiger charge is 2.15. The lowest BCUT2D eigenvalue weighted by atomic mass is 10.1. The van der Waals surface area contributed by atoms with Gasteiger partial charge in [0.15, 0.2) is 5.75 Å². The van der Waals surface area contributed by atoms with Gasteiger partial charge in [-0.25, -0.2) is 4.98 Å². The normalized spacial score (nSPS) is 11.3. The Balaban J connectivity index is 2.11. The molecule has 0 aliphatic rings. The van der Waals surface area contributed by atoms with Crippen molar-refractivity contribution in [2.45, 2.75) is 6.92 Å². The molecule has 3 nitrogen and oxygen atoms in total. The van der Waals surface area contributed by atoms with Gasteiger partial charge in [-0.15, -0.1) is 0 Å². The fourth-order valence-corrected chi connectivity index (χ4v) is 3.46. The van der Waals surface area contributed by atoms with Crippen molar-refractivity contribution in [3.05, 3.63) is 67.7 Å². The van der Waals surface area contributed by atoms with Gasteiger partial charge >= 0.3 is 5.97 Å². The summed E-state index contributed by atoms with van der Waals surface area (Å²) in [6, 6.07) is 10.3. The number of hydrogen-bond donors (Lipinski definition) is 0. The minimum atomic E-state index is -0.499. The summed E-state index contributed by atoms with van der Waals surface area (Å²) in [4.78, 5) is 15.9. The van der Waals surface area contributed by atoms with Crippen LogP contribution in [-0.2, 0) is 4.79 Å². The lowest BCUT2D eigenvalue weighted by molar-refractivity contribution is -0.131. The molecule has 0 fully saturated rings. The molecule has 0 aliphatic carbocycles. The van der Waals surface area contributed by atoms with Gasteiger partial charge in [-0.1, -0.05) is 52.5 Å². The van der Waals surface area contributed by atoms with E-state index in [9.17, 15) is 4.79 Å². The average molecular weight is 427 g/mol. The zero-order chi connectivity index (χ0) is 18.8. The maximum atomic E-state index is 11.4. The predicted molar refractivity (Wildman–Crippen MR) is 108 cm³/mol. The molecule has 0 saturated carbocycles. The van der Waals surface area contributed by atoms with Crippen LogP contribution in [0, 0.1) is 0 Å². The second kappa shape index (κ2) is 7.85. The Bertz CT molecular complexity index is 1030. The zero-order valence-electron chi connectivity index (χ0n) is 13.4. The molecule has 0 amide bonds. The number of halogens is 4. The van der Waals surface area contributed by atoms with Gasteiger partial charge in [0, 0.05) is 27.9 Å². The van der Waals surface area contributed by atoms with E-state index in [1.54, 1.807) is 42.5 Å². The van der Waals surface area contributed by atoms with Crippen molar-refractivity contribution in [2.75, 3.05) is 0 Å². The summed E-state index contributed by atoms with van der Waals surface area (Å²) in [7, 11) is 0. The number of pyridine rings is 1. The Hall–Kier alpha value is -1.78. The predicted octanol–water partition coefficient (Wildman–Crippen LogP) is 6.94. The Morgan fingerprint density at radius 2 is 1.65 bits per heavy atom. The summed E-state index contributed by atoms with van der Waals surface area (Å²) in [5, 5.41) is 2.31. The molecule has 0 spiro atoms. The monoisotopic (exact) mass is 425 g/mol. The first-order chi connectivity index (χ1) is 12.4. The smallest absolute Gasteiger partial charge is 0.308 e. The van der Waals surface area contributed by atoms with Crippen LogP contribution in [0.5, 0.6) is 5.75 Å². The lowest BCUT2D eigenvalue weighted by Gasteiger charge is -2.10. The Kier molecular flexibility index (Phi) is 5.73. The number of fused-ring (bicyclic) bond motifs is 1. The second-order valence-corrected chi connectivity index (χ2v) is 6.99. The largest absolute Gasteiger partial charge is 0.423 e. The van der Waals surface area contributed by atoms with Crippen molar-refractivity contribution in [3.8, 4) is 5.75 Å². The minimum Gasteiger partial charge on any atom is -0.423 e. The number of benzene rings is 2. The van der Waals surface area contributed by atoms with Crippen LogP contribution >= 0.6 is 46.4 Å². The third-order valence-electron chi connectivity index (χ3n) is 3.53. The molecular weight excluding hydrogens is 416 g/mol. The molecule has 0 radical (unpaired) electrons. The van der Waals surface area contributed by atoms with E-state index in [-0.39, 0.29) is 10.8 Å². The summed E-state index contributed by atoms with van der Waals surface area (Å²) >= 11 is 24.7. The van der Waals surface area contributed by atoms with Gasteiger partial charge in [0.2, 0.25) is 0 Å². The van der Waals surface area contributed by atoms with Crippen molar-refractivity contribution >= 4 is 75.4 Å². The van der Waals surface area contributed by atoms with Crippen LogP contribution in [0.1, 0.15) is 18.2 Å². The number of carbonyl (C=O) groups excluding carboxylic acids is 1. The highest BCUT2D eigenvalue weighted by atomic mass is 35.5. The number of aromatic nitrogens is 1. The van der Waals surface area contributed by atoms with Crippen molar-refractivity contribution in [3.63, 3.8) is 0 Å². The molecular formula is C19H11Cl4NO2. The van der Waals surface area contributed by atoms with E-state index < -0.39 is 5.97 Å². The lowest BCUT2D eigenvalue weighted by Crippen LogP contribution is -2.03. The molecule has 1 heterocycles. The van der Waals surface area contributed by atoms with Crippen LogP contribution in [-0.4, -0.2) is 11.0 Å². The van der Waals surface area contributed by atoms with Crippen molar-refractivity contribution in [1.29, 1.82) is 0 Å². The number of ether oxygens (including phenoxy) is 1. The van der Waals surface area contributed by atoms with Gasteiger partial charge in [0.1, 0.15) is 5.52 Å². The van der Waals surface area contributed by atoms with E-state index in [2.05, 4.69) is 4.98 Å². The fourth-order valence-electron chi connectivity index (χ4n) is 2.38. The number of rotatable bonds is 3. The SMILES string of the molecule is CC(=O)Oc1c(Cl)cc(Cl)c2ccc(/C=C/c3c(Cl)cccc3Cl)nc12. The molecule has 3 aromatic rings. The molecule has 0 unspecified atom stereocenters. The van der Waals surface area contributed by atoms with E-state index in [1.165, 1.54) is 13.0 Å². The van der Waals surface area contributed by atoms with E-state index in [4.69, 9.17) is 51.1 Å². The topological polar surface area (TPSA) is 39.2 Å². The van der Waals surface area contributed by atoms with Crippen LogP contribution in [0.2, 0.25) is 20.1 Å². The zero-order valence-corrected chi connectivity index (χ0v) is 16.4. The van der Waals surface area contributed by atoms with Crippen molar-refractivity contribution in [2.24, 2.45) is 0 Å². The van der Waals surface area contributed by atoms with Crippen LogP contribution in [0.3, 0.4) is 0 Å². The molecule has 2 aromatic carbocycles. The maximum Gasteiger partial charge on any atom is 0.308 e. The van der Waals surface area contributed by atoms with E-state index in [0.29, 0.717) is 37.2 Å². The Morgan fingerprint density at radius 1 is 0.962 bits per heavy atom. The summed E-state index contributed by atoms with van der Waals surface area (Å²) in [6.07, 6.45) is 3.51. The summed E-state index contributed by atoms with van der Waals surface area (Å²) in [5.74, 6) is -0.328. The maximum absolute atomic E-state index is 11.4. The van der Waals surface area contributed by atoms with E-state index in [1.807, 2.05) is 0 Å². The molecule has 0 N–H and O–H groups in total. The van der Waals surface area contributed by atoms with Gasteiger partial charge in [-0.05, 0) is 42.5 Å². The van der Waals surface area contributed by atoms with Crippen LogP contribution in [0.25, 0.3) is 23.1 Å². The molecule has 1 aromatic heterocycles. The van der Waals surface area contributed by atoms with Crippen molar-refractivity contribution < 1.29 is 9.53 Å². The van der Waals surface area contributed by atoms with Gasteiger partial charge in [0.05, 0.1) is 15.7 Å². The molecule has 132 valence electrons. The Labute approximate surface area is 170 Å². The highest BCUT2D eigenvalue weighted by molar-refractivity contribution is 6.40. The first-order valence-corrected chi connectivity index (χ1v) is 8.97. The van der Waals surface area contributed by atoms with Crippen molar-refractivity contribution in [1.82, 2.24) is 4.98 Å². The summed E-state index contributed by atoms with van der Waals surface area (Å²) < 4.78 is 5.21. The molecule has 0 aliphatic heterocycles. The standard InChI is InChI=1S/C19H11Cl4NO2/c1-10(25)26-19-17(23)9-16(22)13-8-6-11(24-18(13)19)5-7-12-14(20)3-2-4-15(12)21/h2-9H,1H3/b7-5+. The molecule has 3 rings (SSSR count). The average Bonchev–Trinajstić information content (AvgIpc) is 2.58. The van der Waals surface area contributed by atoms with E-state index in [0.717, 1.165) is 0 Å². The number of esters is 1. The molecule has 0 atom stereocenters. The third kappa shape index (κ3) is 3.97. The quantitative estimate of drug-likeness (QED) is 0.336. The molecule has 26 heavy (non-hydrogen) atoms. The Morgan fingerprint density at radius 3 is 2.31 bits per heavy atom. The van der Waals surface area contributed by atoms with Gasteiger partial charge in [0.25, 0.3) is 0 Å². The first kappa shape index (κ1) is 19.0. The van der Waals surface area contributed by atoms with Gasteiger partial charge in [-0.2, -0.15) is 0 Å². The van der Waals surface area contributed by atoms with Gasteiger partial charge < -0.3 is 4.74 Å². The van der Waals surface area contributed by atoms with Gasteiger partial charge in [-0.3, -0.25) is 4.79 Å². The molecule has 0 bridgehead atoms. The first-order valence-electron chi connectivity index (χ1n) is 7.46. The van der Waals surface area contributed by atoms with E-state index >= 15 is 0 Å². The van der Waals surface area contributed by atoms with Crippen LogP contribution < -0.4 is 4.74 Å². The van der Waals surface area contributed by atoms with Crippen LogP contribution in [0.15, 0.2) is 36.4 Å². The molecule has 7 heteroatoms. The second-order valence-electron chi connectivity index (χ2n) is 5.36. The molecule has 0 saturated heterocycles. The minimum absolute atomic E-state index is 0.171. The van der Waals surface area contributed by atoms with Crippen LogP contribution in [0.4, 0.5) is 0 Å². The fraction of sp³-hybridized carbons (Fsp3) is 0.0526. The number of nitrogens with zero attached hydrogens (tertiary/aromatic N) is 1. The highest BCUT2D eigenvalue weighted by Crippen LogP contribution is 2.37. The number of hydrogen-bond acceptors (Lipinski definition) is 3.